The summed E-state index contributed by atoms with van der Waals surface area (Å²) in [5.41, 5.74) is 1.36. The Balaban J connectivity index is 2.69. The van der Waals surface area contributed by atoms with Crippen molar-refractivity contribution in [2.75, 3.05) is 13.3 Å². The highest BCUT2D eigenvalue weighted by atomic mass is 16.3. The first-order valence-corrected chi connectivity index (χ1v) is 4.54. The number of nitrogens with one attached hydrogen (secondary N) is 1. The highest BCUT2D eigenvalue weighted by Gasteiger charge is 2.18. The van der Waals surface area contributed by atoms with Crippen molar-refractivity contribution in [3.63, 3.8) is 0 Å². The van der Waals surface area contributed by atoms with Crippen LogP contribution in [0.25, 0.3) is 0 Å². The van der Waals surface area contributed by atoms with Gasteiger partial charge in [0.05, 0.1) is 6.73 Å². The Morgan fingerprint density at radius 2 is 1.85 bits per heavy atom. The molecule has 0 spiro atoms. The zero-order valence-corrected chi connectivity index (χ0v) is 8.25. The maximum Gasteiger partial charge on any atom is 0.0931 e. The number of hydrogen-bond donors (Lipinski definition) is 2. The molecular weight excluding hydrogens is 162 g/mol. The average Bonchev–Trinajstić information content (AvgIpc) is 2.16. The molecule has 0 heterocycles. The lowest BCUT2D eigenvalue weighted by molar-refractivity contribution is 0.247. The molecule has 0 aliphatic rings. The summed E-state index contributed by atoms with van der Waals surface area (Å²) in [6.07, 6.45) is 0. The summed E-state index contributed by atoms with van der Waals surface area (Å²) in [6.45, 7) is 5.14. The molecule has 0 bridgehead atoms. The fraction of sp³-hybridized carbons (Fsp3) is 0.455. The van der Waals surface area contributed by atoms with E-state index in [1.54, 1.807) is 0 Å². The fourth-order valence-electron chi connectivity index (χ4n) is 1.36. The van der Waals surface area contributed by atoms with Gasteiger partial charge in [0.25, 0.3) is 0 Å². The van der Waals surface area contributed by atoms with Gasteiger partial charge in [-0.1, -0.05) is 44.2 Å². The van der Waals surface area contributed by atoms with Crippen molar-refractivity contribution in [3.05, 3.63) is 35.9 Å². The number of benzene rings is 1. The molecule has 2 nitrogen and oxygen atoms in total. The van der Waals surface area contributed by atoms with Gasteiger partial charge in [-0.2, -0.15) is 0 Å². The van der Waals surface area contributed by atoms with Crippen molar-refractivity contribution < 1.29 is 5.11 Å². The van der Waals surface area contributed by atoms with Crippen molar-refractivity contribution in [2.45, 2.75) is 19.3 Å². The minimum absolute atomic E-state index is 0.0380. The van der Waals surface area contributed by atoms with Crippen LogP contribution in [0.2, 0.25) is 0 Å². The van der Waals surface area contributed by atoms with Gasteiger partial charge in [-0.25, -0.2) is 0 Å². The SMILES string of the molecule is CC(C)(CNCO)c1ccccc1. The molecule has 0 atom stereocenters. The Morgan fingerprint density at radius 3 is 2.38 bits per heavy atom. The molecular formula is C11H17NO. The van der Waals surface area contributed by atoms with E-state index in [4.69, 9.17) is 5.11 Å². The van der Waals surface area contributed by atoms with Crippen LogP contribution in [-0.4, -0.2) is 18.4 Å². The first-order valence-electron chi connectivity index (χ1n) is 4.54. The summed E-state index contributed by atoms with van der Waals surface area (Å²) in [5, 5.41) is 11.6. The summed E-state index contributed by atoms with van der Waals surface area (Å²) in [6, 6.07) is 10.3. The molecule has 13 heavy (non-hydrogen) atoms. The molecule has 1 aromatic carbocycles. The Hall–Kier alpha value is -0.860. The molecule has 72 valence electrons. The molecule has 0 saturated heterocycles. The predicted molar refractivity (Wildman–Crippen MR) is 54.6 cm³/mol. The van der Waals surface area contributed by atoms with Crippen molar-refractivity contribution in [3.8, 4) is 0 Å². The summed E-state index contributed by atoms with van der Waals surface area (Å²) < 4.78 is 0. The van der Waals surface area contributed by atoms with Gasteiger partial charge in [-0.3, -0.25) is 5.32 Å². The lowest BCUT2D eigenvalue weighted by atomic mass is 9.85. The second kappa shape index (κ2) is 4.40. The number of rotatable bonds is 4. The lowest BCUT2D eigenvalue weighted by Crippen LogP contribution is -2.33. The number of hydrogen-bond acceptors (Lipinski definition) is 2. The summed E-state index contributed by atoms with van der Waals surface area (Å²) in [7, 11) is 0. The van der Waals surface area contributed by atoms with Crippen LogP contribution < -0.4 is 5.32 Å². The smallest absolute Gasteiger partial charge is 0.0931 e. The van der Waals surface area contributed by atoms with Crippen molar-refractivity contribution in [2.24, 2.45) is 0 Å². The van der Waals surface area contributed by atoms with Crippen molar-refractivity contribution >= 4 is 0 Å². The normalized spacial score (nSPS) is 11.6. The first kappa shape index (κ1) is 10.2. The molecule has 0 unspecified atom stereocenters. The third-order valence-electron chi connectivity index (χ3n) is 2.23. The van der Waals surface area contributed by atoms with E-state index in [1.165, 1.54) is 5.56 Å². The van der Waals surface area contributed by atoms with Crippen LogP contribution in [-0.2, 0) is 5.41 Å². The quantitative estimate of drug-likeness (QED) is 0.687. The second-order valence-corrected chi connectivity index (χ2v) is 3.83. The highest BCUT2D eigenvalue weighted by Crippen LogP contribution is 2.21. The summed E-state index contributed by atoms with van der Waals surface area (Å²) >= 11 is 0. The van der Waals surface area contributed by atoms with Gasteiger partial charge in [0.15, 0.2) is 0 Å². The molecule has 1 rings (SSSR count). The average molecular weight is 179 g/mol. The summed E-state index contributed by atoms with van der Waals surface area (Å²) in [4.78, 5) is 0. The van der Waals surface area contributed by atoms with E-state index in [1.807, 2.05) is 18.2 Å². The molecule has 0 fully saturated rings. The van der Waals surface area contributed by atoms with Crippen LogP contribution in [0.5, 0.6) is 0 Å². The van der Waals surface area contributed by atoms with E-state index in [0.29, 0.717) is 0 Å². The van der Waals surface area contributed by atoms with E-state index in [2.05, 4.69) is 31.3 Å². The van der Waals surface area contributed by atoms with Gasteiger partial charge in [-0.15, -0.1) is 0 Å². The number of aliphatic hydroxyl groups is 1. The Bertz CT molecular complexity index is 244. The van der Waals surface area contributed by atoms with Crippen molar-refractivity contribution in [1.29, 1.82) is 0 Å². The van der Waals surface area contributed by atoms with E-state index in [0.717, 1.165) is 6.54 Å². The lowest BCUT2D eigenvalue weighted by Gasteiger charge is -2.25. The van der Waals surface area contributed by atoms with Crippen LogP contribution in [0.3, 0.4) is 0 Å². The molecule has 0 amide bonds. The topological polar surface area (TPSA) is 32.3 Å². The van der Waals surface area contributed by atoms with Crippen LogP contribution in [0.15, 0.2) is 30.3 Å². The fourth-order valence-corrected chi connectivity index (χ4v) is 1.36. The minimum atomic E-state index is 0.0380. The second-order valence-electron chi connectivity index (χ2n) is 3.83. The van der Waals surface area contributed by atoms with Crippen molar-refractivity contribution in [1.82, 2.24) is 5.32 Å². The maximum atomic E-state index is 8.67. The molecule has 2 heteroatoms. The highest BCUT2D eigenvalue weighted by molar-refractivity contribution is 5.23. The molecule has 1 aromatic rings. The largest absolute Gasteiger partial charge is 0.381 e. The van der Waals surface area contributed by atoms with Crippen LogP contribution in [0.4, 0.5) is 0 Å². The summed E-state index contributed by atoms with van der Waals surface area (Å²) in [5.74, 6) is 0. The van der Waals surface area contributed by atoms with Gasteiger partial charge in [0, 0.05) is 12.0 Å². The molecule has 0 aliphatic heterocycles. The Labute approximate surface area is 79.6 Å². The Kier molecular flexibility index (Phi) is 3.46. The van der Waals surface area contributed by atoms with Gasteiger partial charge in [-0.05, 0) is 5.56 Å². The van der Waals surface area contributed by atoms with Gasteiger partial charge in [0.2, 0.25) is 0 Å². The van der Waals surface area contributed by atoms with E-state index >= 15 is 0 Å². The minimum Gasteiger partial charge on any atom is -0.381 e. The third kappa shape index (κ3) is 2.83. The molecule has 0 aliphatic carbocycles. The first-order chi connectivity index (χ1) is 6.17. The van der Waals surface area contributed by atoms with Crippen LogP contribution in [0.1, 0.15) is 19.4 Å². The van der Waals surface area contributed by atoms with Gasteiger partial charge < -0.3 is 5.11 Å². The van der Waals surface area contributed by atoms with Crippen LogP contribution >= 0.6 is 0 Å². The molecule has 0 saturated carbocycles. The van der Waals surface area contributed by atoms with E-state index in [9.17, 15) is 0 Å². The van der Waals surface area contributed by atoms with Gasteiger partial charge in [0.1, 0.15) is 0 Å². The zero-order chi connectivity index (χ0) is 9.73. The standard InChI is InChI=1S/C11H17NO/c1-11(2,8-12-9-13)10-6-4-3-5-7-10/h3-7,12-13H,8-9H2,1-2H3. The monoisotopic (exact) mass is 179 g/mol. The zero-order valence-electron chi connectivity index (χ0n) is 8.25. The van der Waals surface area contributed by atoms with Gasteiger partial charge >= 0.3 is 0 Å². The molecule has 2 N–H and O–H groups in total. The van der Waals surface area contributed by atoms with Crippen LogP contribution in [0, 0.1) is 0 Å². The van der Waals surface area contributed by atoms with E-state index in [-0.39, 0.29) is 12.1 Å². The molecule has 0 aromatic heterocycles. The molecule has 0 radical (unpaired) electrons. The predicted octanol–water partition coefficient (Wildman–Crippen LogP) is 1.50. The maximum absolute atomic E-state index is 8.67. The number of aliphatic hydroxyl groups excluding tert-OH is 1. The van der Waals surface area contributed by atoms with E-state index < -0.39 is 0 Å². The Morgan fingerprint density at radius 1 is 1.23 bits per heavy atom. The third-order valence-corrected chi connectivity index (χ3v) is 2.23.